The number of aryl methyl sites for hydroxylation is 1. The fraction of sp³-hybridized carbons (Fsp3) is 0.100. The first kappa shape index (κ1) is 24.7. The minimum Gasteiger partial charge on any atom is -0.489 e. The number of thiocarbonyl (C=S) groups is 1. The Morgan fingerprint density at radius 1 is 1.05 bits per heavy atom. The van der Waals surface area contributed by atoms with Crippen molar-refractivity contribution in [3.63, 3.8) is 0 Å². The molecule has 0 N–H and O–H groups in total. The number of hydrogen-bond donors (Lipinski definition) is 0. The second kappa shape index (κ2) is 11.0. The Labute approximate surface area is 226 Å². The van der Waals surface area contributed by atoms with Gasteiger partial charge in [-0.15, -0.1) is 0 Å². The fourth-order valence-corrected chi connectivity index (χ4v) is 5.33. The molecule has 0 unspecified atom stereocenters. The summed E-state index contributed by atoms with van der Waals surface area (Å²) in [6.45, 7) is 6.61. The molecule has 3 aromatic carbocycles. The molecule has 1 amide bonds. The number of benzene rings is 3. The Balaban J connectivity index is 1.52. The molecule has 1 fully saturated rings. The Morgan fingerprint density at radius 3 is 2.49 bits per heavy atom. The second-order valence-corrected chi connectivity index (χ2v) is 10.2. The van der Waals surface area contributed by atoms with Crippen molar-refractivity contribution < 1.29 is 9.53 Å². The zero-order valence-electron chi connectivity index (χ0n) is 20.3. The van der Waals surface area contributed by atoms with E-state index >= 15 is 0 Å². The van der Waals surface area contributed by atoms with Crippen LogP contribution < -0.4 is 4.74 Å². The Kier molecular flexibility index (Phi) is 7.35. The van der Waals surface area contributed by atoms with E-state index in [-0.39, 0.29) is 5.91 Å². The van der Waals surface area contributed by atoms with Gasteiger partial charge in [-0.25, -0.2) is 4.68 Å². The van der Waals surface area contributed by atoms with Gasteiger partial charge in [-0.2, -0.15) is 5.10 Å². The number of nitrogens with zero attached hydrogens (tertiary/aromatic N) is 3. The number of hydrogen-bond acceptors (Lipinski definition) is 5. The summed E-state index contributed by atoms with van der Waals surface area (Å²) in [4.78, 5) is 15.6. The van der Waals surface area contributed by atoms with Crippen molar-refractivity contribution >= 4 is 40.3 Å². The molecule has 5 rings (SSSR count). The van der Waals surface area contributed by atoms with E-state index in [1.165, 1.54) is 11.8 Å². The van der Waals surface area contributed by atoms with Gasteiger partial charge < -0.3 is 4.74 Å². The van der Waals surface area contributed by atoms with Crippen molar-refractivity contribution in [3.05, 3.63) is 119 Å². The average Bonchev–Trinajstić information content (AvgIpc) is 3.45. The number of amides is 1. The molecule has 0 atom stereocenters. The van der Waals surface area contributed by atoms with Gasteiger partial charge in [0.15, 0.2) is 0 Å². The van der Waals surface area contributed by atoms with Crippen LogP contribution in [0, 0.1) is 6.92 Å². The smallest absolute Gasteiger partial charge is 0.266 e. The SMILES string of the molecule is C=CCOc1ccc(-c2nn(-c3ccccc3)cc2C=C2SC(=S)N(Cc3ccccc3)C2=O)cc1C. The van der Waals surface area contributed by atoms with Crippen LogP contribution in [0.1, 0.15) is 16.7 Å². The Hall–Kier alpha value is -3.94. The molecule has 5 nitrogen and oxygen atoms in total. The molecule has 4 aromatic rings. The van der Waals surface area contributed by atoms with E-state index in [1.54, 1.807) is 11.0 Å². The molecule has 0 saturated carbocycles. The number of para-hydroxylation sites is 1. The van der Waals surface area contributed by atoms with E-state index < -0.39 is 0 Å². The lowest BCUT2D eigenvalue weighted by atomic mass is 10.0. The molecule has 0 spiro atoms. The van der Waals surface area contributed by atoms with Gasteiger partial charge in [-0.3, -0.25) is 9.69 Å². The Bertz CT molecular complexity index is 1490. The maximum absolute atomic E-state index is 13.3. The summed E-state index contributed by atoms with van der Waals surface area (Å²) in [6.07, 6.45) is 5.57. The van der Waals surface area contributed by atoms with E-state index in [9.17, 15) is 4.79 Å². The van der Waals surface area contributed by atoms with Crippen LogP contribution >= 0.6 is 24.0 Å². The molecular weight excluding hydrogens is 498 g/mol. The molecule has 184 valence electrons. The summed E-state index contributed by atoms with van der Waals surface area (Å²) in [5, 5.41) is 4.90. The van der Waals surface area contributed by atoms with Gasteiger partial charge in [-0.1, -0.05) is 85.2 Å². The number of carbonyl (C=O) groups excluding carboxylic acids is 1. The topological polar surface area (TPSA) is 47.4 Å². The lowest BCUT2D eigenvalue weighted by molar-refractivity contribution is -0.122. The van der Waals surface area contributed by atoms with Crippen LogP contribution in [-0.4, -0.2) is 31.5 Å². The molecule has 0 radical (unpaired) electrons. The van der Waals surface area contributed by atoms with Crippen LogP contribution in [0.4, 0.5) is 0 Å². The van der Waals surface area contributed by atoms with Crippen molar-refractivity contribution in [2.45, 2.75) is 13.5 Å². The predicted octanol–water partition coefficient (Wildman–Crippen LogP) is 6.81. The third-order valence-corrected chi connectivity index (χ3v) is 7.29. The first-order chi connectivity index (χ1) is 18.0. The highest BCUT2D eigenvalue weighted by molar-refractivity contribution is 8.26. The van der Waals surface area contributed by atoms with Gasteiger partial charge in [0.2, 0.25) is 0 Å². The number of ether oxygens (including phenoxy) is 1. The first-order valence-electron chi connectivity index (χ1n) is 11.8. The average molecular weight is 524 g/mol. The molecule has 7 heteroatoms. The zero-order chi connectivity index (χ0) is 25.8. The summed E-state index contributed by atoms with van der Waals surface area (Å²) in [5.74, 6) is 0.705. The van der Waals surface area contributed by atoms with E-state index in [2.05, 4.69) is 6.58 Å². The number of carbonyl (C=O) groups is 1. The maximum Gasteiger partial charge on any atom is 0.266 e. The van der Waals surface area contributed by atoms with Crippen LogP contribution in [0.15, 0.2) is 103 Å². The lowest BCUT2D eigenvalue weighted by Gasteiger charge is -2.14. The van der Waals surface area contributed by atoms with E-state index in [0.29, 0.717) is 22.4 Å². The highest BCUT2D eigenvalue weighted by atomic mass is 32.2. The van der Waals surface area contributed by atoms with Gasteiger partial charge in [0.25, 0.3) is 5.91 Å². The molecule has 1 aliphatic heterocycles. The monoisotopic (exact) mass is 523 g/mol. The highest BCUT2D eigenvalue weighted by Crippen LogP contribution is 2.36. The summed E-state index contributed by atoms with van der Waals surface area (Å²) >= 11 is 6.89. The lowest BCUT2D eigenvalue weighted by Crippen LogP contribution is -2.27. The third-order valence-electron chi connectivity index (χ3n) is 5.91. The molecule has 37 heavy (non-hydrogen) atoms. The fourth-order valence-electron chi connectivity index (χ4n) is 4.08. The van der Waals surface area contributed by atoms with Crippen LogP contribution in [0.25, 0.3) is 23.0 Å². The minimum atomic E-state index is -0.0957. The standard InChI is InChI=1S/C30H25N3O2S2/c1-3-16-35-26-15-14-23(17-21(26)2)28-24(20-33(31-28)25-12-8-5-9-13-25)18-27-29(34)32(30(36)37-27)19-22-10-6-4-7-11-22/h3-15,17-18,20H,1,16,19H2,2H3. The van der Waals surface area contributed by atoms with E-state index in [4.69, 9.17) is 22.1 Å². The summed E-state index contributed by atoms with van der Waals surface area (Å²) in [5.41, 5.74) is 5.51. The minimum absolute atomic E-state index is 0.0957. The van der Waals surface area contributed by atoms with E-state index in [1.807, 2.05) is 103 Å². The van der Waals surface area contributed by atoms with Crippen molar-refractivity contribution in [2.75, 3.05) is 6.61 Å². The van der Waals surface area contributed by atoms with Crippen molar-refractivity contribution in [3.8, 4) is 22.7 Å². The number of thioether (sulfide) groups is 1. The summed E-state index contributed by atoms with van der Waals surface area (Å²) in [7, 11) is 0. The molecule has 1 aromatic heterocycles. The maximum atomic E-state index is 13.3. The predicted molar refractivity (Wildman–Crippen MR) is 155 cm³/mol. The summed E-state index contributed by atoms with van der Waals surface area (Å²) in [6, 6.07) is 25.8. The zero-order valence-corrected chi connectivity index (χ0v) is 22.0. The van der Waals surface area contributed by atoms with Gasteiger partial charge in [0.05, 0.1) is 17.1 Å². The molecule has 1 aliphatic rings. The highest BCUT2D eigenvalue weighted by Gasteiger charge is 2.32. The largest absolute Gasteiger partial charge is 0.489 e. The van der Waals surface area contributed by atoms with Crippen LogP contribution in [0.5, 0.6) is 5.75 Å². The number of aromatic nitrogens is 2. The van der Waals surface area contributed by atoms with Crippen LogP contribution in [-0.2, 0) is 11.3 Å². The first-order valence-corrected chi connectivity index (χ1v) is 13.0. The van der Waals surface area contributed by atoms with E-state index in [0.717, 1.165) is 39.4 Å². The van der Waals surface area contributed by atoms with Crippen molar-refractivity contribution in [1.29, 1.82) is 0 Å². The van der Waals surface area contributed by atoms with Crippen LogP contribution in [0.2, 0.25) is 0 Å². The molecule has 0 bridgehead atoms. The number of rotatable bonds is 8. The van der Waals surface area contributed by atoms with Crippen LogP contribution in [0.3, 0.4) is 0 Å². The Morgan fingerprint density at radius 2 is 1.78 bits per heavy atom. The normalized spacial score (nSPS) is 14.4. The van der Waals surface area contributed by atoms with Crippen molar-refractivity contribution in [1.82, 2.24) is 14.7 Å². The van der Waals surface area contributed by atoms with Gasteiger partial charge in [0, 0.05) is 17.3 Å². The third kappa shape index (κ3) is 5.43. The van der Waals surface area contributed by atoms with Gasteiger partial charge in [-0.05, 0) is 54.5 Å². The van der Waals surface area contributed by atoms with Gasteiger partial charge >= 0.3 is 0 Å². The van der Waals surface area contributed by atoms with Crippen molar-refractivity contribution in [2.24, 2.45) is 0 Å². The second-order valence-electron chi connectivity index (χ2n) is 8.55. The molecule has 1 saturated heterocycles. The van der Waals surface area contributed by atoms with Gasteiger partial charge in [0.1, 0.15) is 22.4 Å². The molecular formula is C30H25N3O2S2. The molecule has 0 aliphatic carbocycles. The quantitative estimate of drug-likeness (QED) is 0.144. The summed E-state index contributed by atoms with van der Waals surface area (Å²) < 4.78 is 8.14. The molecule has 2 heterocycles.